The molecule has 0 bridgehead atoms. The second-order valence-electron chi connectivity index (χ2n) is 5.44. The minimum Gasteiger partial charge on any atom is -0.393 e. The molecule has 4 nitrogen and oxygen atoms in total. The van der Waals surface area contributed by atoms with Crippen LogP contribution in [-0.2, 0) is 4.74 Å². The normalized spacial score (nSPS) is 24.8. The highest BCUT2D eigenvalue weighted by Crippen LogP contribution is 2.25. The molecule has 1 unspecified atom stereocenters. The Kier molecular flexibility index (Phi) is 8.59. The van der Waals surface area contributed by atoms with E-state index in [1.165, 1.54) is 19.3 Å². The molecule has 1 saturated carbocycles. The molecule has 0 heterocycles. The van der Waals surface area contributed by atoms with Crippen molar-refractivity contribution in [2.24, 2.45) is 5.92 Å². The van der Waals surface area contributed by atoms with Crippen LogP contribution in [-0.4, -0.2) is 48.7 Å². The van der Waals surface area contributed by atoms with Crippen LogP contribution < -0.4 is 5.32 Å². The van der Waals surface area contributed by atoms with Gasteiger partial charge in [-0.15, -0.1) is 0 Å². The molecule has 108 valence electrons. The first kappa shape index (κ1) is 15.9. The molecule has 3 N–H and O–H groups in total. The predicted octanol–water partition coefficient (Wildman–Crippen LogP) is 1.30. The number of rotatable bonds is 11. The van der Waals surface area contributed by atoms with E-state index in [-0.39, 0.29) is 6.10 Å². The van der Waals surface area contributed by atoms with Crippen molar-refractivity contribution in [3.63, 3.8) is 0 Å². The Morgan fingerprint density at radius 2 is 2.06 bits per heavy atom. The number of aliphatic hydroxyl groups excluding tert-OH is 2. The lowest BCUT2D eigenvalue weighted by Crippen LogP contribution is -2.39. The van der Waals surface area contributed by atoms with Crippen molar-refractivity contribution >= 4 is 0 Å². The number of unbranched alkanes of at least 4 members (excludes halogenated alkanes) is 3. The van der Waals surface area contributed by atoms with Crippen molar-refractivity contribution in [1.82, 2.24) is 5.32 Å². The van der Waals surface area contributed by atoms with E-state index in [9.17, 15) is 5.11 Å². The predicted molar refractivity (Wildman–Crippen MR) is 72.6 cm³/mol. The summed E-state index contributed by atoms with van der Waals surface area (Å²) in [5.74, 6) is 0.585. The standard InChI is InChI=1S/C14H29NO3/c1-2-3-4-5-6-18-11-14(17)10-15-9-12-7-13(16)8-12/h12-17H,2-11H2,1H3. The molecule has 1 atom stereocenters. The molecule has 4 heteroatoms. The largest absolute Gasteiger partial charge is 0.393 e. The number of hydrogen-bond donors (Lipinski definition) is 3. The molecule has 0 aromatic heterocycles. The quantitative estimate of drug-likeness (QED) is 0.490. The van der Waals surface area contributed by atoms with E-state index in [0.717, 1.165) is 32.4 Å². The molecule has 0 aliphatic heterocycles. The van der Waals surface area contributed by atoms with E-state index in [2.05, 4.69) is 12.2 Å². The Labute approximate surface area is 111 Å². The van der Waals surface area contributed by atoms with E-state index >= 15 is 0 Å². The molecule has 1 aliphatic rings. The summed E-state index contributed by atoms with van der Waals surface area (Å²) in [5.41, 5.74) is 0. The number of aliphatic hydroxyl groups is 2. The smallest absolute Gasteiger partial charge is 0.0897 e. The third kappa shape index (κ3) is 7.31. The van der Waals surface area contributed by atoms with Gasteiger partial charge in [-0.2, -0.15) is 0 Å². The van der Waals surface area contributed by atoms with E-state index < -0.39 is 6.10 Å². The molecular formula is C14H29NO3. The summed E-state index contributed by atoms with van der Waals surface area (Å²) < 4.78 is 5.43. The van der Waals surface area contributed by atoms with Gasteiger partial charge in [0.1, 0.15) is 0 Å². The van der Waals surface area contributed by atoms with Gasteiger partial charge in [0.15, 0.2) is 0 Å². The van der Waals surface area contributed by atoms with E-state index in [0.29, 0.717) is 19.1 Å². The topological polar surface area (TPSA) is 61.7 Å². The Balaban J connectivity index is 1.80. The van der Waals surface area contributed by atoms with Crippen LogP contribution in [0.15, 0.2) is 0 Å². The average molecular weight is 259 g/mol. The van der Waals surface area contributed by atoms with Gasteiger partial charge in [-0.05, 0) is 31.7 Å². The highest BCUT2D eigenvalue weighted by Gasteiger charge is 2.26. The summed E-state index contributed by atoms with van der Waals surface area (Å²) >= 11 is 0. The van der Waals surface area contributed by atoms with Crippen molar-refractivity contribution in [2.45, 2.75) is 57.7 Å². The Morgan fingerprint density at radius 3 is 2.72 bits per heavy atom. The van der Waals surface area contributed by atoms with Gasteiger partial charge in [0.25, 0.3) is 0 Å². The van der Waals surface area contributed by atoms with Crippen LogP contribution in [0.2, 0.25) is 0 Å². The van der Waals surface area contributed by atoms with Crippen molar-refractivity contribution in [3.8, 4) is 0 Å². The number of nitrogens with one attached hydrogen (secondary N) is 1. The summed E-state index contributed by atoms with van der Waals surface area (Å²) in [6, 6.07) is 0. The number of ether oxygens (including phenoxy) is 1. The van der Waals surface area contributed by atoms with Gasteiger partial charge in [-0.3, -0.25) is 0 Å². The van der Waals surface area contributed by atoms with Gasteiger partial charge in [0.05, 0.1) is 18.8 Å². The van der Waals surface area contributed by atoms with Crippen LogP contribution in [0, 0.1) is 5.92 Å². The monoisotopic (exact) mass is 259 g/mol. The van der Waals surface area contributed by atoms with Gasteiger partial charge < -0.3 is 20.3 Å². The zero-order valence-electron chi connectivity index (χ0n) is 11.6. The van der Waals surface area contributed by atoms with Gasteiger partial charge in [-0.25, -0.2) is 0 Å². The van der Waals surface area contributed by atoms with E-state index in [1.54, 1.807) is 0 Å². The summed E-state index contributed by atoms with van der Waals surface area (Å²) in [4.78, 5) is 0. The van der Waals surface area contributed by atoms with Crippen molar-refractivity contribution < 1.29 is 14.9 Å². The highest BCUT2D eigenvalue weighted by atomic mass is 16.5. The Hall–Kier alpha value is -0.160. The van der Waals surface area contributed by atoms with Gasteiger partial charge in [0, 0.05) is 13.2 Å². The van der Waals surface area contributed by atoms with Crippen LogP contribution in [0.4, 0.5) is 0 Å². The maximum Gasteiger partial charge on any atom is 0.0897 e. The Bertz CT molecular complexity index is 195. The minimum absolute atomic E-state index is 0.0897. The van der Waals surface area contributed by atoms with Crippen LogP contribution >= 0.6 is 0 Å². The average Bonchev–Trinajstić information content (AvgIpc) is 2.31. The fourth-order valence-electron chi connectivity index (χ4n) is 2.23. The zero-order chi connectivity index (χ0) is 13.2. The molecular weight excluding hydrogens is 230 g/mol. The molecule has 1 fully saturated rings. The molecule has 0 aromatic carbocycles. The second kappa shape index (κ2) is 9.73. The highest BCUT2D eigenvalue weighted by molar-refractivity contribution is 4.80. The first-order valence-corrected chi connectivity index (χ1v) is 7.37. The molecule has 0 saturated heterocycles. The van der Waals surface area contributed by atoms with E-state index in [4.69, 9.17) is 9.84 Å². The fourth-order valence-corrected chi connectivity index (χ4v) is 2.23. The van der Waals surface area contributed by atoms with Crippen LogP contribution in [0.3, 0.4) is 0 Å². The van der Waals surface area contributed by atoms with Crippen LogP contribution in [0.5, 0.6) is 0 Å². The third-order valence-corrected chi connectivity index (χ3v) is 3.48. The lowest BCUT2D eigenvalue weighted by Gasteiger charge is -2.31. The first-order valence-electron chi connectivity index (χ1n) is 7.37. The second-order valence-corrected chi connectivity index (χ2v) is 5.44. The maximum absolute atomic E-state index is 9.67. The van der Waals surface area contributed by atoms with Crippen molar-refractivity contribution in [3.05, 3.63) is 0 Å². The van der Waals surface area contributed by atoms with Gasteiger partial charge in [-0.1, -0.05) is 26.2 Å². The summed E-state index contributed by atoms with van der Waals surface area (Å²) in [6.07, 6.45) is 6.11. The molecule has 18 heavy (non-hydrogen) atoms. The fraction of sp³-hybridized carbons (Fsp3) is 1.00. The molecule has 1 aliphatic carbocycles. The van der Waals surface area contributed by atoms with Gasteiger partial charge in [0.2, 0.25) is 0 Å². The first-order chi connectivity index (χ1) is 8.72. The molecule has 0 aromatic rings. The lowest BCUT2D eigenvalue weighted by atomic mass is 9.82. The molecule has 1 rings (SSSR count). The Morgan fingerprint density at radius 1 is 1.28 bits per heavy atom. The third-order valence-electron chi connectivity index (χ3n) is 3.48. The zero-order valence-corrected chi connectivity index (χ0v) is 11.6. The van der Waals surface area contributed by atoms with Gasteiger partial charge >= 0.3 is 0 Å². The molecule has 0 radical (unpaired) electrons. The molecule has 0 amide bonds. The van der Waals surface area contributed by atoms with Crippen molar-refractivity contribution in [1.29, 1.82) is 0 Å². The maximum atomic E-state index is 9.67. The SMILES string of the molecule is CCCCCCOCC(O)CNCC1CC(O)C1. The van der Waals surface area contributed by atoms with Crippen molar-refractivity contribution in [2.75, 3.05) is 26.3 Å². The lowest BCUT2D eigenvalue weighted by molar-refractivity contribution is 0.0265. The van der Waals surface area contributed by atoms with Crippen LogP contribution in [0.1, 0.15) is 45.4 Å². The molecule has 0 spiro atoms. The minimum atomic E-state index is -0.416. The number of hydrogen-bond acceptors (Lipinski definition) is 4. The van der Waals surface area contributed by atoms with Crippen LogP contribution in [0.25, 0.3) is 0 Å². The summed E-state index contributed by atoms with van der Waals surface area (Å²) in [7, 11) is 0. The summed E-state index contributed by atoms with van der Waals surface area (Å²) in [6.45, 7) is 4.85. The van der Waals surface area contributed by atoms with E-state index in [1.807, 2.05) is 0 Å². The summed E-state index contributed by atoms with van der Waals surface area (Å²) in [5, 5.41) is 22.0.